The van der Waals surface area contributed by atoms with Gasteiger partial charge in [-0.3, -0.25) is 4.79 Å². The van der Waals surface area contributed by atoms with Crippen LogP contribution >= 0.6 is 0 Å². The van der Waals surface area contributed by atoms with Crippen molar-refractivity contribution in [2.45, 2.75) is 19.4 Å². The number of benzene rings is 2. The number of amides is 1. The van der Waals surface area contributed by atoms with Crippen LogP contribution < -0.4 is 15.8 Å². The number of ether oxygens (including phenoxy) is 1. The van der Waals surface area contributed by atoms with Gasteiger partial charge in [-0.2, -0.15) is 0 Å². The molecule has 1 atom stereocenters. The van der Waals surface area contributed by atoms with E-state index >= 15 is 0 Å². The van der Waals surface area contributed by atoms with Crippen molar-refractivity contribution in [3.8, 4) is 5.75 Å². The Labute approximate surface area is 124 Å². The van der Waals surface area contributed by atoms with E-state index in [1.165, 1.54) is 0 Å². The number of rotatable bonds is 6. The highest BCUT2D eigenvalue weighted by atomic mass is 16.5. The lowest BCUT2D eigenvalue weighted by Crippen LogP contribution is -2.27. The average Bonchev–Trinajstić information content (AvgIpc) is 2.54. The molecular formula is C17H20N2O2. The SMILES string of the molecule is CCCOc1ccc(NC(=O)C(N)c2ccccc2)cc1. The van der Waals surface area contributed by atoms with Crippen LogP contribution in [0.5, 0.6) is 5.75 Å². The zero-order valence-corrected chi connectivity index (χ0v) is 12.1. The highest BCUT2D eigenvalue weighted by molar-refractivity contribution is 5.95. The molecule has 2 aromatic rings. The van der Waals surface area contributed by atoms with Crippen molar-refractivity contribution in [1.29, 1.82) is 0 Å². The van der Waals surface area contributed by atoms with Gasteiger partial charge in [0.05, 0.1) is 6.61 Å². The van der Waals surface area contributed by atoms with Crippen molar-refractivity contribution in [2.75, 3.05) is 11.9 Å². The fourth-order valence-corrected chi connectivity index (χ4v) is 1.89. The molecule has 0 saturated heterocycles. The number of nitrogens with two attached hydrogens (primary N) is 1. The van der Waals surface area contributed by atoms with Gasteiger partial charge in [-0.25, -0.2) is 0 Å². The van der Waals surface area contributed by atoms with Gasteiger partial charge in [0.1, 0.15) is 11.8 Å². The van der Waals surface area contributed by atoms with Gasteiger partial charge < -0.3 is 15.8 Å². The maximum atomic E-state index is 12.1. The highest BCUT2D eigenvalue weighted by Gasteiger charge is 2.15. The Balaban J connectivity index is 1.96. The predicted octanol–water partition coefficient (Wildman–Crippen LogP) is 3.11. The molecule has 1 unspecified atom stereocenters. The molecule has 0 aliphatic rings. The lowest BCUT2D eigenvalue weighted by molar-refractivity contribution is -0.117. The van der Waals surface area contributed by atoms with Crippen molar-refractivity contribution in [2.24, 2.45) is 5.73 Å². The van der Waals surface area contributed by atoms with Crippen LogP contribution in [0, 0.1) is 0 Å². The van der Waals surface area contributed by atoms with Crippen molar-refractivity contribution >= 4 is 11.6 Å². The van der Waals surface area contributed by atoms with Gasteiger partial charge in [0.15, 0.2) is 0 Å². The molecule has 0 heterocycles. The van der Waals surface area contributed by atoms with Crippen LogP contribution in [0.3, 0.4) is 0 Å². The molecule has 0 aliphatic carbocycles. The Kier molecular flexibility index (Phi) is 5.35. The molecule has 4 nitrogen and oxygen atoms in total. The zero-order valence-electron chi connectivity index (χ0n) is 12.1. The predicted molar refractivity (Wildman–Crippen MR) is 84.2 cm³/mol. The minimum atomic E-state index is -0.679. The van der Waals surface area contributed by atoms with Gasteiger partial charge in [-0.1, -0.05) is 37.3 Å². The summed E-state index contributed by atoms with van der Waals surface area (Å²) in [5.41, 5.74) is 7.44. The maximum Gasteiger partial charge on any atom is 0.245 e. The fourth-order valence-electron chi connectivity index (χ4n) is 1.89. The second-order valence-electron chi connectivity index (χ2n) is 4.75. The van der Waals surface area contributed by atoms with Crippen LogP contribution in [0.25, 0.3) is 0 Å². The van der Waals surface area contributed by atoms with E-state index in [1.807, 2.05) is 42.5 Å². The Bertz CT molecular complexity index is 567. The van der Waals surface area contributed by atoms with Gasteiger partial charge in [0, 0.05) is 5.69 Å². The van der Waals surface area contributed by atoms with Crippen LogP contribution in [0.2, 0.25) is 0 Å². The van der Waals surface area contributed by atoms with E-state index in [-0.39, 0.29) is 5.91 Å². The van der Waals surface area contributed by atoms with Gasteiger partial charge >= 0.3 is 0 Å². The average molecular weight is 284 g/mol. The molecule has 0 saturated carbocycles. The third-order valence-corrected chi connectivity index (χ3v) is 3.04. The van der Waals surface area contributed by atoms with Crippen LogP contribution in [0.15, 0.2) is 54.6 Å². The fraction of sp³-hybridized carbons (Fsp3) is 0.235. The first-order valence-electron chi connectivity index (χ1n) is 7.05. The van der Waals surface area contributed by atoms with E-state index in [2.05, 4.69) is 12.2 Å². The lowest BCUT2D eigenvalue weighted by atomic mass is 10.1. The molecule has 2 aromatic carbocycles. The standard InChI is InChI=1S/C17H20N2O2/c1-2-12-21-15-10-8-14(9-11-15)19-17(20)16(18)13-6-4-3-5-7-13/h3-11,16H,2,12,18H2,1H3,(H,19,20). The molecular weight excluding hydrogens is 264 g/mol. The molecule has 0 radical (unpaired) electrons. The van der Waals surface area contributed by atoms with Crippen LogP contribution in [-0.4, -0.2) is 12.5 Å². The number of nitrogens with one attached hydrogen (secondary N) is 1. The zero-order chi connectivity index (χ0) is 15.1. The van der Waals surface area contributed by atoms with E-state index in [0.29, 0.717) is 12.3 Å². The molecule has 3 N–H and O–H groups in total. The second kappa shape index (κ2) is 7.45. The monoisotopic (exact) mass is 284 g/mol. The summed E-state index contributed by atoms with van der Waals surface area (Å²) in [6, 6.07) is 15.9. The summed E-state index contributed by atoms with van der Waals surface area (Å²) >= 11 is 0. The first kappa shape index (κ1) is 15.1. The third-order valence-electron chi connectivity index (χ3n) is 3.04. The Morgan fingerprint density at radius 2 is 1.81 bits per heavy atom. The Morgan fingerprint density at radius 1 is 1.14 bits per heavy atom. The number of carbonyl (C=O) groups is 1. The van der Waals surface area contributed by atoms with E-state index in [9.17, 15) is 4.79 Å². The Morgan fingerprint density at radius 3 is 2.43 bits per heavy atom. The molecule has 0 aliphatic heterocycles. The summed E-state index contributed by atoms with van der Waals surface area (Å²) in [6.45, 7) is 2.74. The van der Waals surface area contributed by atoms with Crippen LogP contribution in [0.4, 0.5) is 5.69 Å². The van der Waals surface area contributed by atoms with Gasteiger partial charge in [-0.05, 0) is 36.2 Å². The van der Waals surface area contributed by atoms with Gasteiger partial charge in [0.2, 0.25) is 5.91 Å². The molecule has 0 aromatic heterocycles. The molecule has 0 fully saturated rings. The molecule has 21 heavy (non-hydrogen) atoms. The van der Waals surface area contributed by atoms with Crippen molar-refractivity contribution in [3.63, 3.8) is 0 Å². The first-order valence-corrected chi connectivity index (χ1v) is 7.05. The quantitative estimate of drug-likeness (QED) is 0.856. The smallest absolute Gasteiger partial charge is 0.245 e. The van der Waals surface area contributed by atoms with Crippen molar-refractivity contribution in [3.05, 3.63) is 60.2 Å². The second-order valence-corrected chi connectivity index (χ2v) is 4.75. The van der Waals surface area contributed by atoms with Crippen molar-refractivity contribution < 1.29 is 9.53 Å². The highest BCUT2D eigenvalue weighted by Crippen LogP contribution is 2.18. The molecule has 4 heteroatoms. The molecule has 1 amide bonds. The summed E-state index contributed by atoms with van der Waals surface area (Å²) in [7, 11) is 0. The summed E-state index contributed by atoms with van der Waals surface area (Å²) in [5.74, 6) is 0.561. The largest absolute Gasteiger partial charge is 0.494 e. The normalized spacial score (nSPS) is 11.7. The summed E-state index contributed by atoms with van der Waals surface area (Å²) in [5, 5.41) is 2.80. The molecule has 0 bridgehead atoms. The maximum absolute atomic E-state index is 12.1. The lowest BCUT2D eigenvalue weighted by Gasteiger charge is -2.13. The first-order chi connectivity index (χ1) is 10.2. The van der Waals surface area contributed by atoms with E-state index in [4.69, 9.17) is 10.5 Å². The van der Waals surface area contributed by atoms with E-state index in [0.717, 1.165) is 17.7 Å². The molecule has 0 spiro atoms. The molecule has 110 valence electrons. The number of carbonyl (C=O) groups excluding carboxylic acids is 1. The third kappa shape index (κ3) is 4.33. The van der Waals surface area contributed by atoms with Crippen LogP contribution in [0.1, 0.15) is 24.9 Å². The van der Waals surface area contributed by atoms with Crippen molar-refractivity contribution in [1.82, 2.24) is 0 Å². The van der Waals surface area contributed by atoms with E-state index in [1.54, 1.807) is 12.1 Å². The van der Waals surface area contributed by atoms with Gasteiger partial charge in [0.25, 0.3) is 0 Å². The topological polar surface area (TPSA) is 64.3 Å². The number of anilines is 1. The number of hydrogen-bond donors (Lipinski definition) is 2. The van der Waals surface area contributed by atoms with Crippen LogP contribution in [-0.2, 0) is 4.79 Å². The Hall–Kier alpha value is -2.33. The number of hydrogen-bond acceptors (Lipinski definition) is 3. The minimum Gasteiger partial charge on any atom is -0.494 e. The summed E-state index contributed by atoms with van der Waals surface area (Å²) in [4.78, 5) is 12.1. The van der Waals surface area contributed by atoms with Gasteiger partial charge in [-0.15, -0.1) is 0 Å². The molecule has 2 rings (SSSR count). The summed E-state index contributed by atoms with van der Waals surface area (Å²) < 4.78 is 5.49. The minimum absolute atomic E-state index is 0.233. The van der Waals surface area contributed by atoms with E-state index < -0.39 is 6.04 Å². The summed E-state index contributed by atoms with van der Waals surface area (Å²) in [6.07, 6.45) is 0.963.